The van der Waals surface area contributed by atoms with Gasteiger partial charge in [-0.15, -0.1) is 0 Å². The van der Waals surface area contributed by atoms with Crippen molar-refractivity contribution in [2.75, 3.05) is 6.61 Å². The number of halogens is 3. The zero-order valence-electron chi connectivity index (χ0n) is 14.3. The monoisotopic (exact) mass is 402 g/mol. The number of esters is 1. The van der Waals surface area contributed by atoms with Crippen LogP contribution >= 0.6 is 23.2 Å². The highest BCUT2D eigenvalue weighted by Gasteiger charge is 2.28. The number of ether oxygens (including phenoxy) is 2. The van der Waals surface area contributed by atoms with E-state index in [0.29, 0.717) is 17.9 Å². The second-order valence-corrected chi connectivity index (χ2v) is 7.60. The van der Waals surface area contributed by atoms with Crippen molar-refractivity contribution >= 4 is 35.0 Å². The lowest BCUT2D eigenvalue weighted by molar-refractivity contribution is -0.162. The molecule has 0 unspecified atom stereocenters. The van der Waals surface area contributed by atoms with Crippen molar-refractivity contribution in [2.24, 2.45) is 0 Å². The SMILES string of the molecule is O=C1C[C@H](O)C[C@@H](COc2c(Cl)cc(Cl)cc2C(F)=C2CCCCC2)O1. The van der Waals surface area contributed by atoms with E-state index in [1.54, 1.807) is 0 Å². The summed E-state index contributed by atoms with van der Waals surface area (Å²) in [5.74, 6) is -0.636. The van der Waals surface area contributed by atoms with E-state index in [4.69, 9.17) is 32.7 Å². The minimum Gasteiger partial charge on any atom is -0.487 e. The summed E-state index contributed by atoms with van der Waals surface area (Å²) in [5.41, 5.74) is 0.973. The Hall–Kier alpha value is -1.30. The van der Waals surface area contributed by atoms with Gasteiger partial charge in [-0.1, -0.05) is 29.6 Å². The number of hydrogen-bond acceptors (Lipinski definition) is 4. The van der Waals surface area contributed by atoms with Gasteiger partial charge in [0.1, 0.15) is 24.3 Å². The minimum atomic E-state index is -0.758. The van der Waals surface area contributed by atoms with Gasteiger partial charge >= 0.3 is 5.97 Å². The Bertz CT molecular complexity index is 712. The van der Waals surface area contributed by atoms with Gasteiger partial charge in [-0.2, -0.15) is 0 Å². The van der Waals surface area contributed by atoms with Crippen LogP contribution in [0.15, 0.2) is 17.7 Å². The Morgan fingerprint density at radius 1 is 1.27 bits per heavy atom. The first-order chi connectivity index (χ1) is 12.4. The van der Waals surface area contributed by atoms with E-state index >= 15 is 4.39 Å². The fourth-order valence-corrected chi connectivity index (χ4v) is 3.95. The van der Waals surface area contributed by atoms with Crippen LogP contribution in [0.1, 0.15) is 50.5 Å². The molecule has 1 N–H and O–H groups in total. The lowest BCUT2D eigenvalue weighted by Gasteiger charge is -2.26. The highest BCUT2D eigenvalue weighted by molar-refractivity contribution is 6.36. The second-order valence-electron chi connectivity index (χ2n) is 6.76. The molecule has 1 aromatic rings. The highest BCUT2D eigenvalue weighted by atomic mass is 35.5. The summed E-state index contributed by atoms with van der Waals surface area (Å²) in [4.78, 5) is 11.4. The molecule has 0 aromatic heterocycles. The lowest BCUT2D eigenvalue weighted by atomic mass is 9.92. The molecule has 0 spiro atoms. The third kappa shape index (κ3) is 4.70. The number of benzene rings is 1. The zero-order chi connectivity index (χ0) is 18.7. The van der Waals surface area contributed by atoms with Crippen LogP contribution in [0.2, 0.25) is 10.0 Å². The average Bonchev–Trinajstić information content (AvgIpc) is 2.59. The lowest BCUT2D eigenvalue weighted by Crippen LogP contribution is -2.36. The van der Waals surface area contributed by atoms with Gasteiger partial charge in [-0.25, -0.2) is 4.39 Å². The molecule has 1 aliphatic carbocycles. The van der Waals surface area contributed by atoms with Crippen LogP contribution in [0.25, 0.3) is 5.83 Å². The molecule has 1 saturated heterocycles. The number of carbonyl (C=O) groups excluding carboxylic acids is 1. The molecule has 3 rings (SSSR count). The van der Waals surface area contributed by atoms with Crippen molar-refractivity contribution in [1.82, 2.24) is 0 Å². The van der Waals surface area contributed by atoms with Gasteiger partial charge in [0.2, 0.25) is 0 Å². The molecular weight excluding hydrogens is 382 g/mol. The minimum absolute atomic E-state index is 0.0141. The summed E-state index contributed by atoms with van der Waals surface area (Å²) in [6, 6.07) is 2.99. The molecule has 2 atom stereocenters. The predicted octanol–water partition coefficient (Wildman–Crippen LogP) is 5.08. The summed E-state index contributed by atoms with van der Waals surface area (Å²) >= 11 is 12.3. The summed E-state index contributed by atoms with van der Waals surface area (Å²) in [6.07, 6.45) is 3.34. The quantitative estimate of drug-likeness (QED) is 0.713. The molecular formula is C19H21Cl2FO4. The predicted molar refractivity (Wildman–Crippen MR) is 98.2 cm³/mol. The van der Waals surface area contributed by atoms with Crippen molar-refractivity contribution < 1.29 is 23.8 Å². The maximum Gasteiger partial charge on any atom is 0.308 e. The largest absolute Gasteiger partial charge is 0.487 e. The van der Waals surface area contributed by atoms with Gasteiger partial charge in [0, 0.05) is 11.4 Å². The number of allylic oxidation sites excluding steroid dienone is 1. The van der Waals surface area contributed by atoms with E-state index in [1.165, 1.54) is 12.1 Å². The molecule has 2 fully saturated rings. The molecule has 26 heavy (non-hydrogen) atoms. The molecule has 0 amide bonds. The van der Waals surface area contributed by atoms with Crippen molar-refractivity contribution in [3.05, 3.63) is 33.3 Å². The van der Waals surface area contributed by atoms with E-state index in [-0.39, 0.29) is 41.6 Å². The molecule has 2 aliphatic rings. The molecule has 4 nitrogen and oxygen atoms in total. The number of cyclic esters (lactones) is 1. The van der Waals surface area contributed by atoms with Crippen molar-refractivity contribution in [1.29, 1.82) is 0 Å². The molecule has 1 aliphatic heterocycles. The van der Waals surface area contributed by atoms with Crippen molar-refractivity contribution in [2.45, 2.75) is 57.2 Å². The summed E-state index contributed by atoms with van der Waals surface area (Å²) in [6.45, 7) is -0.0141. The Balaban J connectivity index is 1.83. The van der Waals surface area contributed by atoms with Crippen molar-refractivity contribution in [3.8, 4) is 5.75 Å². The molecule has 1 saturated carbocycles. The molecule has 142 valence electrons. The number of hydrogen-bond donors (Lipinski definition) is 1. The van der Waals surface area contributed by atoms with E-state index in [9.17, 15) is 9.90 Å². The second kappa shape index (κ2) is 8.59. The van der Waals surface area contributed by atoms with Crippen LogP contribution in [0.5, 0.6) is 5.75 Å². The molecule has 1 heterocycles. The Morgan fingerprint density at radius 2 is 2.00 bits per heavy atom. The number of aliphatic hydroxyl groups is 1. The third-order valence-electron chi connectivity index (χ3n) is 4.66. The number of carbonyl (C=O) groups is 1. The Labute approximate surface area is 161 Å². The Morgan fingerprint density at radius 3 is 2.69 bits per heavy atom. The maximum absolute atomic E-state index is 15.1. The standard InChI is InChI=1S/C19H21Cl2FO4/c20-12-6-15(18(22)11-4-2-1-3-5-11)19(16(21)7-12)25-10-14-8-13(23)9-17(24)26-14/h6-7,13-14,23H,1-5,8-10H2/t13-,14+/m1/s1. The average molecular weight is 403 g/mol. The fourth-order valence-electron chi connectivity index (χ4n) is 3.40. The van der Waals surface area contributed by atoms with Crippen LogP contribution in [-0.2, 0) is 9.53 Å². The van der Waals surface area contributed by atoms with Crippen LogP contribution in [0.4, 0.5) is 4.39 Å². The zero-order valence-corrected chi connectivity index (χ0v) is 15.8. The van der Waals surface area contributed by atoms with Crippen molar-refractivity contribution in [3.63, 3.8) is 0 Å². The molecule has 0 radical (unpaired) electrons. The number of rotatable bonds is 4. The number of aliphatic hydroxyl groups excluding tert-OH is 1. The van der Waals surface area contributed by atoms with E-state index < -0.39 is 18.2 Å². The first-order valence-electron chi connectivity index (χ1n) is 8.81. The normalized spacial score (nSPS) is 23.5. The highest BCUT2D eigenvalue weighted by Crippen LogP contribution is 2.41. The molecule has 7 heteroatoms. The summed E-state index contributed by atoms with van der Waals surface area (Å²) in [7, 11) is 0. The smallest absolute Gasteiger partial charge is 0.308 e. The van der Waals surface area contributed by atoms with Gasteiger partial charge in [-0.3, -0.25) is 4.79 Å². The van der Waals surface area contributed by atoms with Gasteiger partial charge in [0.15, 0.2) is 0 Å². The molecule has 1 aromatic carbocycles. The summed E-state index contributed by atoms with van der Waals surface area (Å²) < 4.78 is 26.0. The maximum atomic E-state index is 15.1. The first kappa shape index (κ1) is 19.5. The fraction of sp³-hybridized carbons (Fsp3) is 0.526. The third-order valence-corrected chi connectivity index (χ3v) is 5.16. The van der Waals surface area contributed by atoms with Gasteiger partial charge < -0.3 is 14.6 Å². The van der Waals surface area contributed by atoms with E-state index in [2.05, 4.69) is 0 Å². The van der Waals surface area contributed by atoms with Crippen LogP contribution in [0.3, 0.4) is 0 Å². The summed E-state index contributed by atoms with van der Waals surface area (Å²) in [5, 5.41) is 10.2. The molecule has 0 bridgehead atoms. The van der Waals surface area contributed by atoms with Crippen LogP contribution in [-0.4, -0.2) is 29.9 Å². The first-order valence-corrected chi connectivity index (χ1v) is 9.57. The van der Waals surface area contributed by atoms with E-state index in [0.717, 1.165) is 24.8 Å². The van der Waals surface area contributed by atoms with Gasteiger partial charge in [0.05, 0.1) is 23.1 Å². The van der Waals surface area contributed by atoms with Crippen LogP contribution in [0, 0.1) is 0 Å². The van der Waals surface area contributed by atoms with Crippen LogP contribution < -0.4 is 4.74 Å². The van der Waals surface area contributed by atoms with Gasteiger partial charge in [0.25, 0.3) is 0 Å². The Kier molecular flexibility index (Phi) is 6.43. The van der Waals surface area contributed by atoms with Gasteiger partial charge in [-0.05, 0) is 43.4 Å². The topological polar surface area (TPSA) is 55.8 Å². The van der Waals surface area contributed by atoms with E-state index in [1.807, 2.05) is 0 Å².